The highest BCUT2D eigenvalue weighted by Gasteiger charge is 2.02. The van der Waals surface area contributed by atoms with E-state index in [1.807, 2.05) is 11.8 Å². The third-order valence-corrected chi connectivity index (χ3v) is 4.32. The number of nitrogens with two attached hydrogens (primary N) is 1. The number of hydrogen-bond donors (Lipinski definition) is 2. The highest BCUT2D eigenvalue weighted by atomic mass is 35.5. The maximum absolute atomic E-state index is 11.4. The van der Waals surface area contributed by atoms with Crippen LogP contribution in [0.25, 0.3) is 10.8 Å². The zero-order valence-electron chi connectivity index (χ0n) is 12.6. The Labute approximate surface area is 142 Å². The van der Waals surface area contributed by atoms with Crippen molar-refractivity contribution in [3.8, 4) is 0 Å². The number of carbonyl (C=O) groups is 1. The molecule has 2 aromatic carbocycles. The van der Waals surface area contributed by atoms with E-state index in [4.69, 9.17) is 5.73 Å². The van der Waals surface area contributed by atoms with Gasteiger partial charge in [-0.1, -0.05) is 42.5 Å². The highest BCUT2D eigenvalue weighted by Crippen LogP contribution is 2.22. The number of nitrogens with one attached hydrogen (secondary N) is 1. The molecule has 0 atom stereocenters. The molecule has 22 heavy (non-hydrogen) atoms. The minimum absolute atomic E-state index is 0. The molecule has 0 saturated heterocycles. The van der Waals surface area contributed by atoms with Crippen molar-refractivity contribution in [2.45, 2.75) is 18.6 Å². The Morgan fingerprint density at radius 3 is 2.73 bits per heavy atom. The average molecular weight is 339 g/mol. The van der Waals surface area contributed by atoms with Crippen LogP contribution in [-0.4, -0.2) is 24.7 Å². The van der Waals surface area contributed by atoms with Crippen LogP contribution in [0.5, 0.6) is 0 Å². The topological polar surface area (TPSA) is 55.1 Å². The number of halogens is 1. The minimum atomic E-state index is 0. The van der Waals surface area contributed by atoms with Crippen molar-refractivity contribution in [3.63, 3.8) is 0 Å². The number of rotatable bonds is 8. The Morgan fingerprint density at radius 1 is 1.14 bits per heavy atom. The molecule has 0 radical (unpaired) electrons. The highest BCUT2D eigenvalue weighted by molar-refractivity contribution is 7.98. The first-order chi connectivity index (χ1) is 10.3. The molecule has 2 aromatic rings. The lowest BCUT2D eigenvalue weighted by Crippen LogP contribution is -2.26. The average Bonchev–Trinajstić information content (AvgIpc) is 2.52. The maximum Gasteiger partial charge on any atom is 0.220 e. The van der Waals surface area contributed by atoms with Crippen LogP contribution >= 0.6 is 24.2 Å². The van der Waals surface area contributed by atoms with Gasteiger partial charge in [0.2, 0.25) is 5.91 Å². The zero-order valence-corrected chi connectivity index (χ0v) is 14.2. The summed E-state index contributed by atoms with van der Waals surface area (Å²) >= 11 is 1.85. The van der Waals surface area contributed by atoms with Gasteiger partial charge in [-0.3, -0.25) is 4.79 Å². The second kappa shape index (κ2) is 10.5. The van der Waals surface area contributed by atoms with Crippen LogP contribution in [0, 0.1) is 0 Å². The first kappa shape index (κ1) is 18.8. The summed E-state index contributed by atoms with van der Waals surface area (Å²) in [7, 11) is 0. The summed E-state index contributed by atoms with van der Waals surface area (Å²) in [5.41, 5.74) is 6.73. The predicted octanol–water partition coefficient (Wildman–Crippen LogP) is 3.35. The van der Waals surface area contributed by atoms with E-state index in [-0.39, 0.29) is 18.3 Å². The maximum atomic E-state index is 11.4. The lowest BCUT2D eigenvalue weighted by atomic mass is 10.1. The summed E-state index contributed by atoms with van der Waals surface area (Å²) in [6.45, 7) is 1.29. The molecule has 0 fully saturated rings. The second-order valence-electron chi connectivity index (χ2n) is 4.93. The third-order valence-electron chi connectivity index (χ3n) is 3.31. The first-order valence-electron chi connectivity index (χ1n) is 7.32. The first-order valence-corrected chi connectivity index (χ1v) is 8.48. The van der Waals surface area contributed by atoms with E-state index in [2.05, 4.69) is 47.8 Å². The van der Waals surface area contributed by atoms with E-state index in [0.29, 0.717) is 13.0 Å². The number of thioether (sulfide) groups is 1. The summed E-state index contributed by atoms with van der Waals surface area (Å²) in [5, 5.41) is 5.53. The summed E-state index contributed by atoms with van der Waals surface area (Å²) in [6.07, 6.45) is 1.29. The molecule has 0 unspecified atom stereocenters. The van der Waals surface area contributed by atoms with Crippen molar-refractivity contribution in [1.82, 2.24) is 5.32 Å². The fourth-order valence-electron chi connectivity index (χ4n) is 2.21. The van der Waals surface area contributed by atoms with Crippen molar-refractivity contribution in [2.75, 3.05) is 18.8 Å². The third kappa shape index (κ3) is 5.87. The summed E-state index contributed by atoms with van der Waals surface area (Å²) in [6, 6.07) is 14.9. The lowest BCUT2D eigenvalue weighted by molar-refractivity contribution is -0.121. The van der Waals surface area contributed by atoms with Crippen LogP contribution < -0.4 is 11.1 Å². The van der Waals surface area contributed by atoms with Gasteiger partial charge in [0.1, 0.15) is 0 Å². The van der Waals surface area contributed by atoms with E-state index in [9.17, 15) is 4.79 Å². The van der Waals surface area contributed by atoms with Gasteiger partial charge >= 0.3 is 0 Å². The number of hydrogen-bond acceptors (Lipinski definition) is 3. The Morgan fingerprint density at radius 2 is 1.91 bits per heavy atom. The van der Waals surface area contributed by atoms with Crippen LogP contribution in [0.2, 0.25) is 0 Å². The van der Waals surface area contributed by atoms with E-state index < -0.39 is 0 Å². The molecule has 120 valence electrons. The quantitative estimate of drug-likeness (QED) is 0.726. The molecule has 0 aliphatic carbocycles. The van der Waals surface area contributed by atoms with Crippen molar-refractivity contribution >= 4 is 40.8 Å². The van der Waals surface area contributed by atoms with E-state index in [1.165, 1.54) is 16.3 Å². The molecule has 0 aliphatic heterocycles. The van der Waals surface area contributed by atoms with E-state index in [0.717, 1.165) is 24.5 Å². The van der Waals surface area contributed by atoms with Gasteiger partial charge in [-0.05, 0) is 29.3 Å². The smallest absolute Gasteiger partial charge is 0.220 e. The molecule has 0 saturated carbocycles. The number of benzene rings is 2. The van der Waals surface area contributed by atoms with Gasteiger partial charge in [-0.25, -0.2) is 0 Å². The molecular weight excluding hydrogens is 316 g/mol. The summed E-state index contributed by atoms with van der Waals surface area (Å²) in [4.78, 5) is 11.4. The van der Waals surface area contributed by atoms with Crippen LogP contribution in [-0.2, 0) is 10.5 Å². The molecule has 0 aliphatic rings. The van der Waals surface area contributed by atoms with Crippen LogP contribution in [0.3, 0.4) is 0 Å². The van der Waals surface area contributed by atoms with Gasteiger partial charge in [-0.2, -0.15) is 11.8 Å². The van der Waals surface area contributed by atoms with Crippen molar-refractivity contribution in [2.24, 2.45) is 5.73 Å². The molecule has 3 nitrogen and oxygen atoms in total. The summed E-state index contributed by atoms with van der Waals surface area (Å²) in [5.74, 6) is 2.00. The fourth-order valence-corrected chi connectivity index (χ4v) is 3.08. The zero-order chi connectivity index (χ0) is 14.9. The van der Waals surface area contributed by atoms with E-state index >= 15 is 0 Å². The molecule has 3 N–H and O–H groups in total. The number of amides is 1. The van der Waals surface area contributed by atoms with Crippen LogP contribution in [0.15, 0.2) is 42.5 Å². The normalized spacial score (nSPS) is 10.2. The van der Waals surface area contributed by atoms with Gasteiger partial charge < -0.3 is 11.1 Å². The number of carbonyl (C=O) groups excluding carboxylic acids is 1. The van der Waals surface area contributed by atoms with E-state index in [1.54, 1.807) is 0 Å². The Bertz CT molecular complexity index is 586. The van der Waals surface area contributed by atoms with Gasteiger partial charge in [0.15, 0.2) is 0 Å². The Balaban J connectivity index is 0.00000242. The SMILES string of the molecule is Cl.NCCCC(=O)NCCSCc1cccc2ccccc12. The Kier molecular flexibility index (Phi) is 8.97. The summed E-state index contributed by atoms with van der Waals surface area (Å²) < 4.78 is 0. The monoisotopic (exact) mass is 338 g/mol. The number of fused-ring (bicyclic) bond motifs is 1. The van der Waals surface area contributed by atoms with Gasteiger partial charge in [0.05, 0.1) is 0 Å². The fraction of sp³-hybridized carbons (Fsp3) is 0.353. The van der Waals surface area contributed by atoms with Gasteiger partial charge in [0.25, 0.3) is 0 Å². The van der Waals surface area contributed by atoms with Crippen molar-refractivity contribution in [1.29, 1.82) is 0 Å². The van der Waals surface area contributed by atoms with Crippen molar-refractivity contribution < 1.29 is 4.79 Å². The van der Waals surface area contributed by atoms with Crippen LogP contribution in [0.1, 0.15) is 18.4 Å². The Hall–Kier alpha value is -1.23. The second-order valence-corrected chi connectivity index (χ2v) is 6.04. The molecule has 0 bridgehead atoms. The largest absolute Gasteiger partial charge is 0.355 e. The molecule has 2 rings (SSSR count). The standard InChI is InChI=1S/C17H22N2OS.ClH/c18-10-4-9-17(20)19-11-12-21-13-15-7-3-6-14-5-1-2-8-16(14)15;/h1-3,5-8H,4,9-13,18H2,(H,19,20);1H. The lowest BCUT2D eigenvalue weighted by Gasteiger charge is -2.07. The molecule has 0 heterocycles. The molecule has 0 aromatic heterocycles. The van der Waals surface area contributed by atoms with Crippen LogP contribution in [0.4, 0.5) is 0 Å². The molecule has 0 spiro atoms. The molecule has 5 heteroatoms. The minimum Gasteiger partial charge on any atom is -0.355 e. The van der Waals surface area contributed by atoms with Crippen molar-refractivity contribution in [3.05, 3.63) is 48.0 Å². The van der Waals surface area contributed by atoms with Gasteiger partial charge in [0, 0.05) is 24.5 Å². The predicted molar refractivity (Wildman–Crippen MR) is 98.7 cm³/mol. The molecule has 1 amide bonds. The molecular formula is C17H23ClN2OS. The van der Waals surface area contributed by atoms with Gasteiger partial charge in [-0.15, -0.1) is 12.4 Å².